The fourth-order valence-electron chi connectivity index (χ4n) is 7.33. The average Bonchev–Trinajstić information content (AvgIpc) is 3.38. The van der Waals surface area contributed by atoms with Gasteiger partial charge in [-0.3, -0.25) is 9.59 Å². The third-order valence-corrected chi connectivity index (χ3v) is 20.5. The summed E-state index contributed by atoms with van der Waals surface area (Å²) in [7, 11) is -2.55. The number of anilines is 2. The number of nitrogens with one attached hydrogen (secondary N) is 2. The van der Waals surface area contributed by atoms with E-state index in [1.807, 2.05) is 26.0 Å². The van der Waals surface area contributed by atoms with E-state index in [1.165, 1.54) is 31.8 Å². The second-order valence-electron chi connectivity index (χ2n) is 15.1. The molecule has 0 saturated heterocycles. The molecule has 0 radical (unpaired) electrons. The molecule has 0 aliphatic heterocycles. The van der Waals surface area contributed by atoms with Crippen molar-refractivity contribution in [2.45, 2.75) is 38.2 Å². The smallest absolute Gasteiger partial charge is 0.224 e. The molecule has 2 N–H and O–H groups in total. The zero-order chi connectivity index (χ0) is 47.6. The van der Waals surface area contributed by atoms with Crippen molar-refractivity contribution < 1.29 is 26.6 Å². The van der Waals surface area contributed by atoms with E-state index in [4.69, 9.17) is 23.2 Å². The maximum absolute atomic E-state index is 12.3. The molecule has 4 nitrogen and oxygen atoms in total. The van der Waals surface area contributed by atoms with Gasteiger partial charge in [0.05, 0.1) is 10.0 Å². The number of alkyl halides is 1. The highest BCUT2D eigenvalue weighted by atomic mass is 79.9. The molecule has 0 fully saturated rings. The molecule has 0 aliphatic carbocycles. The minimum Gasteiger partial charge on any atom is -1.00 e. The van der Waals surface area contributed by atoms with Crippen molar-refractivity contribution >= 4 is 141 Å². The van der Waals surface area contributed by atoms with Gasteiger partial charge < -0.3 is 27.6 Å². The molecule has 8 aromatic rings. The summed E-state index contributed by atoms with van der Waals surface area (Å²) in [5.41, 5.74) is 3.57. The zero-order valence-electron chi connectivity index (χ0n) is 37.4. The minimum absolute atomic E-state index is 0. The molecule has 0 heterocycles. The first kappa shape index (κ1) is 55.0. The van der Waals surface area contributed by atoms with Crippen molar-refractivity contribution in [2.24, 2.45) is 0 Å². The summed E-state index contributed by atoms with van der Waals surface area (Å²) in [6.07, 6.45) is 1.61. The zero-order valence-corrected chi connectivity index (χ0v) is 47.1. The standard InChI is InChI=1S/C28H24BrClNOP.C18H15P.C10H10Br2ClNO.BrH/c1-2-28(32)31-27-19-26(30)25(29)18-21(27)20-33(22-12-6-3-7-13-22,23-14-8-4-9-15-23)24-16-10-5-11-17-24;1-4-10-16(11-5-1)19(17-12-6-2-7-13-17)18-14-8-3-9-15-18;1-2-10(15)14-9-4-8(13)7(12)3-6(9)5-11;/h3-19H,2,20H2,1H3;1-15H;3-4H,2,5H2,1H3,(H,14,15);1H. The Morgan fingerprint density at radius 3 is 1.09 bits per heavy atom. The maximum atomic E-state index is 12.3. The summed E-state index contributed by atoms with van der Waals surface area (Å²) in [5.74, 6) is -0.0479. The highest BCUT2D eigenvalue weighted by molar-refractivity contribution is 9.11. The summed E-state index contributed by atoms with van der Waals surface area (Å²) in [4.78, 5) is 23.6. The minimum atomic E-state index is -2.10. The number of hydrogen-bond acceptors (Lipinski definition) is 2. The molecule has 0 bridgehead atoms. The molecular weight excluding hydrogens is 1190 g/mol. The molecule has 12 heteroatoms. The molecule has 0 saturated carbocycles. The Labute approximate surface area is 448 Å². The number of rotatable bonds is 13. The molecule has 0 aliphatic rings. The summed E-state index contributed by atoms with van der Waals surface area (Å²) in [6.45, 7) is 3.66. The fraction of sp³-hybridized carbons (Fsp3) is 0.107. The lowest BCUT2D eigenvalue weighted by molar-refractivity contribution is -0.116. The van der Waals surface area contributed by atoms with Crippen molar-refractivity contribution in [3.05, 3.63) is 236 Å². The van der Waals surface area contributed by atoms with Gasteiger partial charge in [-0.15, -0.1) is 0 Å². The molecule has 0 aromatic heterocycles. The molecule has 348 valence electrons. The van der Waals surface area contributed by atoms with Gasteiger partial charge in [0, 0.05) is 44.1 Å². The van der Waals surface area contributed by atoms with Crippen LogP contribution in [0.4, 0.5) is 11.4 Å². The lowest BCUT2D eigenvalue weighted by Crippen LogP contribution is -3.00. The SMILES string of the molecule is CCC(=O)Nc1cc(Cl)c(Br)cc1CBr.CCC(=O)Nc1cc(Cl)c(Br)cc1C[P+](c1ccccc1)(c1ccccc1)c1ccccc1.[Br-].c1ccc(P(c2ccccc2)c2ccccc2)cc1. The number of hydrogen-bond donors (Lipinski definition) is 2. The summed E-state index contributed by atoms with van der Waals surface area (Å²) in [5, 5.41) is 15.8. The Bertz CT molecular complexity index is 2630. The van der Waals surface area contributed by atoms with Gasteiger partial charge in [0.1, 0.15) is 29.3 Å². The average molecular weight is 1240 g/mol. The van der Waals surface area contributed by atoms with Crippen molar-refractivity contribution in [3.63, 3.8) is 0 Å². The highest BCUT2D eigenvalue weighted by Gasteiger charge is 2.46. The van der Waals surface area contributed by atoms with Crippen LogP contribution in [0.2, 0.25) is 10.0 Å². The predicted molar refractivity (Wildman–Crippen MR) is 303 cm³/mol. The number of benzene rings is 8. The lowest BCUT2D eigenvalue weighted by Gasteiger charge is -2.28. The van der Waals surface area contributed by atoms with Crippen LogP contribution in [0.15, 0.2) is 215 Å². The maximum Gasteiger partial charge on any atom is 0.224 e. The normalized spacial score (nSPS) is 10.6. The third kappa shape index (κ3) is 14.8. The van der Waals surface area contributed by atoms with E-state index < -0.39 is 15.2 Å². The molecule has 8 rings (SSSR count). The molecule has 0 spiro atoms. The summed E-state index contributed by atoms with van der Waals surface area (Å²) >= 11 is 22.7. The van der Waals surface area contributed by atoms with Gasteiger partial charge in [-0.1, -0.05) is 199 Å². The van der Waals surface area contributed by atoms with E-state index >= 15 is 0 Å². The summed E-state index contributed by atoms with van der Waals surface area (Å²) in [6, 6.07) is 72.0. The van der Waals surface area contributed by atoms with E-state index in [1.54, 1.807) is 6.07 Å². The number of carbonyl (C=O) groups is 2. The first-order valence-electron chi connectivity index (χ1n) is 21.7. The van der Waals surface area contributed by atoms with E-state index in [2.05, 4.69) is 246 Å². The largest absolute Gasteiger partial charge is 1.00 e. The topological polar surface area (TPSA) is 58.2 Å². The van der Waals surface area contributed by atoms with E-state index in [9.17, 15) is 9.59 Å². The number of amides is 2. The van der Waals surface area contributed by atoms with Crippen LogP contribution in [-0.2, 0) is 21.1 Å². The lowest BCUT2D eigenvalue weighted by atomic mass is 10.2. The van der Waals surface area contributed by atoms with Crippen molar-refractivity contribution in [3.8, 4) is 0 Å². The van der Waals surface area contributed by atoms with Crippen LogP contribution in [0.5, 0.6) is 0 Å². The Balaban J connectivity index is 0.000000209. The van der Waals surface area contributed by atoms with Crippen LogP contribution in [-0.4, -0.2) is 11.8 Å². The first-order chi connectivity index (χ1) is 32.6. The van der Waals surface area contributed by atoms with Gasteiger partial charge in [0.25, 0.3) is 0 Å². The highest BCUT2D eigenvalue weighted by Crippen LogP contribution is 2.59. The van der Waals surface area contributed by atoms with Crippen LogP contribution in [0, 0.1) is 0 Å². The van der Waals surface area contributed by atoms with Gasteiger partial charge in [0.2, 0.25) is 11.8 Å². The Kier molecular flexibility index (Phi) is 22.7. The first-order valence-corrected chi connectivity index (χ1v) is 28.5. The monoisotopic (exact) mass is 1230 g/mol. The van der Waals surface area contributed by atoms with E-state index in [-0.39, 0.29) is 28.8 Å². The van der Waals surface area contributed by atoms with Crippen LogP contribution >= 0.6 is 86.2 Å². The molecular formula is C56H50Br4Cl2N2O2P2. The quantitative estimate of drug-likeness (QED) is 0.0893. The van der Waals surface area contributed by atoms with Crippen molar-refractivity contribution in [2.75, 3.05) is 10.6 Å². The Morgan fingerprint density at radius 2 is 0.779 bits per heavy atom. The summed E-state index contributed by atoms with van der Waals surface area (Å²) < 4.78 is 1.65. The molecule has 0 atom stereocenters. The van der Waals surface area contributed by atoms with Crippen LogP contribution < -0.4 is 59.4 Å². The van der Waals surface area contributed by atoms with Crippen LogP contribution in [0.3, 0.4) is 0 Å². The Hall–Kier alpha value is -3.94. The van der Waals surface area contributed by atoms with E-state index in [0.29, 0.717) is 28.2 Å². The van der Waals surface area contributed by atoms with Gasteiger partial charge in [-0.25, -0.2) is 0 Å². The van der Waals surface area contributed by atoms with Crippen molar-refractivity contribution in [1.82, 2.24) is 0 Å². The third-order valence-electron chi connectivity index (χ3n) is 10.7. The fourth-order valence-corrected chi connectivity index (χ4v) is 15.5. The van der Waals surface area contributed by atoms with Gasteiger partial charge in [0.15, 0.2) is 0 Å². The number of carbonyl (C=O) groups excluding carboxylic acids is 2. The second-order valence-corrected chi connectivity index (χ2v) is 23.9. The molecule has 8 aromatic carbocycles. The number of halogens is 6. The van der Waals surface area contributed by atoms with Gasteiger partial charge >= 0.3 is 0 Å². The molecule has 2 amide bonds. The van der Waals surface area contributed by atoms with Gasteiger partial charge in [-0.05, 0) is 122 Å². The molecule has 68 heavy (non-hydrogen) atoms. The van der Waals surface area contributed by atoms with E-state index in [0.717, 1.165) is 37.6 Å². The second kappa shape index (κ2) is 28.0. The predicted octanol–water partition coefficient (Wildman–Crippen LogP) is 11.7. The van der Waals surface area contributed by atoms with Gasteiger partial charge in [-0.2, -0.15) is 0 Å². The van der Waals surface area contributed by atoms with Crippen LogP contribution in [0.25, 0.3) is 0 Å². The Morgan fingerprint density at radius 1 is 0.485 bits per heavy atom. The van der Waals surface area contributed by atoms with Crippen LogP contribution in [0.1, 0.15) is 37.8 Å². The van der Waals surface area contributed by atoms with Crippen molar-refractivity contribution in [1.29, 1.82) is 0 Å². The molecule has 0 unspecified atom stereocenters.